The van der Waals surface area contributed by atoms with E-state index in [2.05, 4.69) is 15.3 Å². The second kappa shape index (κ2) is 6.74. The third kappa shape index (κ3) is 3.49. The topological polar surface area (TPSA) is 95.2 Å². The fraction of sp³-hybridized carbons (Fsp3) is 0.375. The summed E-state index contributed by atoms with van der Waals surface area (Å²) in [6, 6.07) is 8.47. The van der Waals surface area contributed by atoms with Crippen LogP contribution in [0.3, 0.4) is 0 Å². The van der Waals surface area contributed by atoms with Crippen molar-refractivity contribution in [3.8, 4) is 0 Å². The molecule has 0 bridgehead atoms. The van der Waals surface area contributed by atoms with E-state index in [1.165, 1.54) is 11.2 Å². The predicted octanol–water partition coefficient (Wildman–Crippen LogP) is 1.22. The van der Waals surface area contributed by atoms with Gasteiger partial charge in [-0.2, -0.15) is 4.31 Å². The number of carbonyl (C=O) groups is 1. The van der Waals surface area contributed by atoms with Gasteiger partial charge in [0.2, 0.25) is 15.9 Å². The molecule has 0 saturated carbocycles. The van der Waals surface area contributed by atoms with Crippen molar-refractivity contribution in [3.63, 3.8) is 0 Å². The van der Waals surface area contributed by atoms with Crippen LogP contribution in [0.4, 0.5) is 0 Å². The molecule has 2 aromatic rings. The van der Waals surface area contributed by atoms with E-state index in [1.807, 2.05) is 0 Å². The number of rotatable bonds is 5. The van der Waals surface area contributed by atoms with E-state index in [1.54, 1.807) is 36.5 Å². The molecule has 3 rings (SSSR count). The smallest absolute Gasteiger partial charge is 0.243 e. The van der Waals surface area contributed by atoms with Crippen LogP contribution in [0.25, 0.3) is 0 Å². The van der Waals surface area contributed by atoms with Crippen molar-refractivity contribution < 1.29 is 13.2 Å². The van der Waals surface area contributed by atoms with E-state index >= 15 is 0 Å². The average Bonchev–Trinajstić information content (AvgIpc) is 3.23. The van der Waals surface area contributed by atoms with E-state index in [-0.39, 0.29) is 11.8 Å². The maximum Gasteiger partial charge on any atom is 0.243 e. The summed E-state index contributed by atoms with van der Waals surface area (Å²) in [6.45, 7) is 2.73. The van der Waals surface area contributed by atoms with Crippen LogP contribution in [-0.2, 0) is 21.4 Å². The number of nitrogens with zero attached hydrogens (tertiary/aromatic N) is 2. The Kier molecular flexibility index (Phi) is 4.68. The number of hydrogen-bond donors (Lipinski definition) is 2. The Hall–Kier alpha value is -2.19. The Morgan fingerprint density at radius 2 is 2.12 bits per heavy atom. The van der Waals surface area contributed by atoms with Crippen LogP contribution in [0, 0.1) is 0 Å². The summed E-state index contributed by atoms with van der Waals surface area (Å²) in [7, 11) is -3.46. The molecule has 1 aromatic heterocycles. The molecule has 2 N–H and O–H groups in total. The zero-order valence-corrected chi connectivity index (χ0v) is 14.2. The van der Waals surface area contributed by atoms with Gasteiger partial charge in [0, 0.05) is 25.9 Å². The lowest BCUT2D eigenvalue weighted by Gasteiger charge is -2.16. The fourth-order valence-corrected chi connectivity index (χ4v) is 4.33. The normalized spacial score (nSPS) is 18.6. The number of aromatic amines is 1. The summed E-state index contributed by atoms with van der Waals surface area (Å²) in [4.78, 5) is 18.8. The standard InChI is InChI=1S/C16H20N4O3S/c1-12(21)17-9-14-10-18-16(19-14)13-7-8-20(11-13)24(22,23)15-5-3-2-4-6-15/h2-6,10,13H,7-9,11H2,1H3,(H,17,21)(H,18,19)/t13-/m1/s1. The van der Waals surface area contributed by atoms with Crippen LogP contribution < -0.4 is 5.32 Å². The third-order valence-electron chi connectivity index (χ3n) is 4.09. The molecule has 1 amide bonds. The number of aromatic nitrogens is 2. The summed E-state index contributed by atoms with van der Waals surface area (Å²) >= 11 is 0. The molecule has 1 fully saturated rings. The van der Waals surface area contributed by atoms with Crippen LogP contribution in [0.1, 0.15) is 30.8 Å². The average molecular weight is 348 g/mol. The number of amides is 1. The first-order valence-corrected chi connectivity index (χ1v) is 9.24. The van der Waals surface area contributed by atoms with Gasteiger partial charge in [-0.05, 0) is 18.6 Å². The molecule has 0 unspecified atom stereocenters. The highest BCUT2D eigenvalue weighted by atomic mass is 32.2. The van der Waals surface area contributed by atoms with Crippen molar-refractivity contribution >= 4 is 15.9 Å². The van der Waals surface area contributed by atoms with E-state index in [4.69, 9.17) is 0 Å². The van der Waals surface area contributed by atoms with Crippen molar-refractivity contribution in [2.24, 2.45) is 0 Å². The Morgan fingerprint density at radius 1 is 1.38 bits per heavy atom. The molecule has 24 heavy (non-hydrogen) atoms. The first-order valence-electron chi connectivity index (χ1n) is 7.80. The second-order valence-corrected chi connectivity index (χ2v) is 7.80. The lowest BCUT2D eigenvalue weighted by Crippen LogP contribution is -2.28. The summed E-state index contributed by atoms with van der Waals surface area (Å²) < 4.78 is 26.8. The fourth-order valence-electron chi connectivity index (χ4n) is 2.80. The molecule has 0 aliphatic carbocycles. The van der Waals surface area contributed by atoms with Gasteiger partial charge in [-0.25, -0.2) is 13.4 Å². The molecule has 7 nitrogen and oxygen atoms in total. The van der Waals surface area contributed by atoms with Crippen LogP contribution in [0.2, 0.25) is 0 Å². The number of carbonyl (C=O) groups excluding carboxylic acids is 1. The van der Waals surface area contributed by atoms with Gasteiger partial charge in [0.1, 0.15) is 5.82 Å². The van der Waals surface area contributed by atoms with Gasteiger partial charge < -0.3 is 10.3 Å². The summed E-state index contributed by atoms with van der Waals surface area (Å²) in [5.41, 5.74) is 0.810. The zero-order valence-electron chi connectivity index (χ0n) is 13.4. The highest BCUT2D eigenvalue weighted by molar-refractivity contribution is 7.89. The van der Waals surface area contributed by atoms with Crippen molar-refractivity contribution in [2.75, 3.05) is 13.1 Å². The molecular weight excluding hydrogens is 328 g/mol. The molecule has 2 heterocycles. The number of benzene rings is 1. The zero-order chi connectivity index (χ0) is 17.2. The maximum absolute atomic E-state index is 12.6. The number of sulfonamides is 1. The quantitative estimate of drug-likeness (QED) is 0.849. The molecular formula is C16H20N4O3S. The highest BCUT2D eigenvalue weighted by Gasteiger charge is 2.34. The van der Waals surface area contributed by atoms with E-state index in [0.717, 1.165) is 17.9 Å². The van der Waals surface area contributed by atoms with Crippen LogP contribution >= 0.6 is 0 Å². The Morgan fingerprint density at radius 3 is 2.83 bits per heavy atom. The molecule has 8 heteroatoms. The molecule has 0 radical (unpaired) electrons. The summed E-state index contributed by atoms with van der Waals surface area (Å²) in [5, 5.41) is 2.70. The molecule has 1 atom stereocenters. The molecule has 128 valence electrons. The number of hydrogen-bond acceptors (Lipinski definition) is 4. The second-order valence-electron chi connectivity index (χ2n) is 5.87. The largest absolute Gasteiger partial charge is 0.351 e. The molecule has 1 aliphatic heterocycles. The molecule has 1 aliphatic rings. The Labute approximate surface area is 141 Å². The van der Waals surface area contributed by atoms with Gasteiger partial charge in [-0.3, -0.25) is 4.79 Å². The van der Waals surface area contributed by atoms with Crippen molar-refractivity contribution in [1.82, 2.24) is 19.6 Å². The Bertz CT molecular complexity index is 817. The van der Waals surface area contributed by atoms with E-state index in [0.29, 0.717) is 24.5 Å². The summed E-state index contributed by atoms with van der Waals surface area (Å²) in [5.74, 6) is 0.697. The minimum absolute atomic E-state index is 0.0366. The Balaban J connectivity index is 1.68. The van der Waals surface area contributed by atoms with E-state index in [9.17, 15) is 13.2 Å². The minimum Gasteiger partial charge on any atom is -0.351 e. The number of nitrogens with one attached hydrogen (secondary N) is 2. The van der Waals surface area contributed by atoms with Crippen molar-refractivity contribution in [2.45, 2.75) is 30.7 Å². The van der Waals surface area contributed by atoms with Gasteiger partial charge in [-0.1, -0.05) is 18.2 Å². The minimum atomic E-state index is -3.46. The van der Waals surface area contributed by atoms with Crippen LogP contribution in [0.5, 0.6) is 0 Å². The summed E-state index contributed by atoms with van der Waals surface area (Å²) in [6.07, 6.45) is 2.40. The van der Waals surface area contributed by atoms with Crippen LogP contribution in [-0.4, -0.2) is 41.7 Å². The SMILES string of the molecule is CC(=O)NCc1cnc([C@@H]2CCN(S(=O)(=O)c3ccccc3)C2)[nH]1. The van der Waals surface area contributed by atoms with Crippen molar-refractivity contribution in [3.05, 3.63) is 48.0 Å². The van der Waals surface area contributed by atoms with Gasteiger partial charge in [-0.15, -0.1) is 0 Å². The van der Waals surface area contributed by atoms with Gasteiger partial charge in [0.15, 0.2) is 0 Å². The lowest BCUT2D eigenvalue weighted by atomic mass is 10.1. The first-order chi connectivity index (χ1) is 11.5. The highest BCUT2D eigenvalue weighted by Crippen LogP contribution is 2.29. The monoisotopic (exact) mass is 348 g/mol. The molecule has 0 spiro atoms. The van der Waals surface area contributed by atoms with Crippen molar-refractivity contribution in [1.29, 1.82) is 0 Å². The van der Waals surface area contributed by atoms with Gasteiger partial charge >= 0.3 is 0 Å². The molecule has 1 saturated heterocycles. The maximum atomic E-state index is 12.6. The first kappa shape index (κ1) is 16.7. The van der Waals surface area contributed by atoms with Crippen LogP contribution in [0.15, 0.2) is 41.4 Å². The number of imidazole rings is 1. The molecule has 1 aromatic carbocycles. The third-order valence-corrected chi connectivity index (χ3v) is 5.97. The number of H-pyrrole nitrogens is 1. The van der Waals surface area contributed by atoms with E-state index < -0.39 is 10.0 Å². The predicted molar refractivity (Wildman–Crippen MR) is 88.7 cm³/mol. The van der Waals surface area contributed by atoms with Gasteiger partial charge in [0.05, 0.1) is 23.3 Å². The lowest BCUT2D eigenvalue weighted by molar-refractivity contribution is -0.119. The van der Waals surface area contributed by atoms with Gasteiger partial charge in [0.25, 0.3) is 0 Å².